The molecule has 7 nitrogen and oxygen atoms in total. The van der Waals surface area contributed by atoms with Gasteiger partial charge in [0.25, 0.3) is 5.91 Å². The fourth-order valence-electron chi connectivity index (χ4n) is 4.30. The first-order valence-electron chi connectivity index (χ1n) is 11.0. The summed E-state index contributed by atoms with van der Waals surface area (Å²) in [5.74, 6) is -0.188. The van der Waals surface area contributed by atoms with E-state index in [0.717, 1.165) is 47.3 Å². The van der Waals surface area contributed by atoms with E-state index >= 15 is 0 Å². The van der Waals surface area contributed by atoms with Crippen LogP contribution in [0.5, 0.6) is 0 Å². The molecule has 2 aromatic rings. The summed E-state index contributed by atoms with van der Waals surface area (Å²) >= 11 is 6.65. The first kappa shape index (κ1) is 22.3. The van der Waals surface area contributed by atoms with Crippen LogP contribution in [0.3, 0.4) is 0 Å². The predicted octanol–water partition coefficient (Wildman–Crippen LogP) is 4.35. The van der Waals surface area contributed by atoms with Gasteiger partial charge in [-0.2, -0.15) is 5.26 Å². The summed E-state index contributed by atoms with van der Waals surface area (Å²) < 4.78 is 5.41. The van der Waals surface area contributed by atoms with E-state index in [9.17, 15) is 14.9 Å². The van der Waals surface area contributed by atoms with Gasteiger partial charge in [-0.15, -0.1) is 0 Å². The average Bonchev–Trinajstić information content (AvgIpc) is 2.76. The third-order valence-electron chi connectivity index (χ3n) is 5.88. The van der Waals surface area contributed by atoms with Crippen molar-refractivity contribution in [3.05, 3.63) is 40.0 Å². The van der Waals surface area contributed by atoms with Gasteiger partial charge in [0, 0.05) is 29.7 Å². The molecule has 0 bridgehead atoms. The number of piperazine rings is 1. The number of hydrogen-bond acceptors (Lipinski definition) is 5. The molecule has 168 valence electrons. The zero-order valence-electron chi connectivity index (χ0n) is 18.7. The molecule has 1 unspecified atom stereocenters. The number of benzene rings is 1. The highest BCUT2D eigenvalue weighted by Crippen LogP contribution is 2.33. The number of rotatable bonds is 1. The molecule has 0 spiro atoms. The predicted molar refractivity (Wildman–Crippen MR) is 122 cm³/mol. The van der Waals surface area contributed by atoms with Gasteiger partial charge in [-0.25, -0.2) is 4.79 Å². The molecule has 2 heterocycles. The van der Waals surface area contributed by atoms with Gasteiger partial charge in [0.1, 0.15) is 11.6 Å². The molecule has 1 aromatic heterocycles. The average molecular weight is 455 g/mol. The van der Waals surface area contributed by atoms with Crippen LogP contribution in [0.2, 0.25) is 5.02 Å². The Bertz CT molecular complexity index is 1120. The van der Waals surface area contributed by atoms with Crippen molar-refractivity contribution in [2.45, 2.75) is 58.1 Å². The molecule has 2 aliphatic rings. The Balaban J connectivity index is 1.54. The van der Waals surface area contributed by atoms with Crippen LogP contribution >= 0.6 is 11.6 Å². The molecule has 0 saturated carbocycles. The van der Waals surface area contributed by atoms with E-state index < -0.39 is 17.7 Å². The molecule has 0 radical (unpaired) electrons. The molecule has 1 aliphatic heterocycles. The van der Waals surface area contributed by atoms with Crippen molar-refractivity contribution < 1.29 is 14.3 Å². The Morgan fingerprint density at radius 2 is 1.97 bits per heavy atom. The third-order valence-corrected chi connectivity index (χ3v) is 6.32. The smallest absolute Gasteiger partial charge is 0.411 e. The summed E-state index contributed by atoms with van der Waals surface area (Å²) in [7, 11) is 0. The first-order chi connectivity index (χ1) is 15.2. The largest absolute Gasteiger partial charge is 0.444 e. The number of aryl methyl sites for hydroxylation is 1. The molecule has 32 heavy (non-hydrogen) atoms. The number of fused-ring (bicyclic) bond motifs is 2. The van der Waals surface area contributed by atoms with Gasteiger partial charge in [0.05, 0.1) is 23.2 Å². The molecule has 1 atom stereocenters. The van der Waals surface area contributed by atoms with E-state index in [2.05, 4.69) is 6.07 Å². The van der Waals surface area contributed by atoms with Crippen molar-refractivity contribution >= 4 is 34.5 Å². The second-order valence-electron chi connectivity index (χ2n) is 9.36. The number of nitrogens with zero attached hydrogens (tertiary/aromatic N) is 4. The second-order valence-corrected chi connectivity index (χ2v) is 9.74. The van der Waals surface area contributed by atoms with E-state index in [4.69, 9.17) is 21.3 Å². The van der Waals surface area contributed by atoms with Crippen LogP contribution in [0, 0.1) is 11.3 Å². The molecular formula is C24H27ClN4O3. The Morgan fingerprint density at radius 1 is 1.22 bits per heavy atom. The number of halogens is 1. The van der Waals surface area contributed by atoms with Crippen molar-refractivity contribution in [3.8, 4) is 6.07 Å². The molecule has 1 saturated heterocycles. The van der Waals surface area contributed by atoms with Crippen LogP contribution in [-0.2, 0) is 17.6 Å². The molecule has 1 aromatic carbocycles. The van der Waals surface area contributed by atoms with E-state index in [1.165, 1.54) is 4.90 Å². The maximum Gasteiger partial charge on any atom is 0.411 e. The normalized spacial score (nSPS) is 18.8. The summed E-state index contributed by atoms with van der Waals surface area (Å²) in [6.45, 7) is 6.04. The minimum atomic E-state index is -0.761. The fraction of sp³-hybridized carbons (Fsp3) is 0.500. The highest BCUT2D eigenvalue weighted by molar-refractivity contribution is 6.36. The highest BCUT2D eigenvalue weighted by atomic mass is 35.5. The van der Waals surface area contributed by atoms with Crippen LogP contribution in [0.25, 0.3) is 10.9 Å². The van der Waals surface area contributed by atoms with E-state index in [1.54, 1.807) is 37.8 Å². The van der Waals surface area contributed by atoms with Gasteiger partial charge in [-0.1, -0.05) is 17.7 Å². The van der Waals surface area contributed by atoms with Crippen LogP contribution in [-0.4, -0.2) is 58.1 Å². The zero-order valence-corrected chi connectivity index (χ0v) is 19.4. The van der Waals surface area contributed by atoms with Crippen molar-refractivity contribution in [2.24, 2.45) is 0 Å². The van der Waals surface area contributed by atoms with Crippen LogP contribution < -0.4 is 0 Å². The van der Waals surface area contributed by atoms with Gasteiger partial charge in [-0.3, -0.25) is 14.7 Å². The summed E-state index contributed by atoms with van der Waals surface area (Å²) in [6, 6.07) is 6.76. The molecule has 2 amide bonds. The van der Waals surface area contributed by atoms with Gasteiger partial charge >= 0.3 is 6.09 Å². The van der Waals surface area contributed by atoms with Crippen molar-refractivity contribution in [1.29, 1.82) is 5.26 Å². The molecule has 1 aliphatic carbocycles. The first-order valence-corrected chi connectivity index (χ1v) is 11.4. The summed E-state index contributed by atoms with van der Waals surface area (Å²) in [5.41, 5.74) is 2.71. The van der Waals surface area contributed by atoms with Crippen molar-refractivity contribution in [3.63, 3.8) is 0 Å². The lowest BCUT2D eigenvalue weighted by Gasteiger charge is -2.38. The Hall–Kier alpha value is -2.85. The second kappa shape index (κ2) is 8.59. The Kier molecular flexibility index (Phi) is 6.00. The van der Waals surface area contributed by atoms with Gasteiger partial charge in [0.2, 0.25) is 0 Å². The fourth-order valence-corrected chi connectivity index (χ4v) is 4.66. The number of ether oxygens (including phenoxy) is 1. The number of carbonyl (C=O) groups is 2. The topological polar surface area (TPSA) is 86.5 Å². The van der Waals surface area contributed by atoms with Crippen LogP contribution in [0.4, 0.5) is 4.79 Å². The van der Waals surface area contributed by atoms with Crippen LogP contribution in [0.1, 0.15) is 55.2 Å². The third kappa shape index (κ3) is 4.37. The molecular weight excluding hydrogens is 428 g/mol. The number of nitriles is 1. The lowest BCUT2D eigenvalue weighted by atomic mass is 9.94. The number of carbonyl (C=O) groups excluding carboxylic acids is 2. The molecule has 0 N–H and O–H groups in total. The Morgan fingerprint density at radius 3 is 2.69 bits per heavy atom. The summed E-state index contributed by atoms with van der Waals surface area (Å²) in [5, 5.41) is 11.2. The standard InChI is InChI=1S/C24H27ClN4O3/c1-24(2,3)32-23(31)29-11-10-28(14-16(29)13-26)22(30)15-8-9-18-20(12-15)27-19-7-5-4-6-17(19)21(18)25/h8-9,12,16H,4-7,10-11,14H2,1-3H3. The quantitative estimate of drug-likeness (QED) is 0.639. The monoisotopic (exact) mass is 454 g/mol. The maximum atomic E-state index is 13.2. The number of aromatic nitrogens is 1. The van der Waals surface area contributed by atoms with Crippen molar-refractivity contribution in [2.75, 3.05) is 19.6 Å². The molecule has 8 heteroatoms. The van der Waals surface area contributed by atoms with Gasteiger partial charge < -0.3 is 9.64 Å². The molecule has 4 rings (SSSR count). The van der Waals surface area contributed by atoms with E-state index in [0.29, 0.717) is 17.6 Å². The van der Waals surface area contributed by atoms with Gasteiger partial charge in [0.15, 0.2) is 0 Å². The number of hydrogen-bond donors (Lipinski definition) is 0. The maximum absolute atomic E-state index is 13.2. The Labute approximate surface area is 192 Å². The van der Waals surface area contributed by atoms with Crippen LogP contribution in [0.15, 0.2) is 18.2 Å². The van der Waals surface area contributed by atoms with E-state index in [-0.39, 0.29) is 19.0 Å². The summed E-state index contributed by atoms with van der Waals surface area (Å²) in [4.78, 5) is 33.4. The summed E-state index contributed by atoms with van der Waals surface area (Å²) in [6.07, 6.45) is 3.52. The number of amides is 2. The minimum absolute atomic E-state index is 0.130. The van der Waals surface area contributed by atoms with E-state index in [1.807, 2.05) is 6.07 Å². The highest BCUT2D eigenvalue weighted by Gasteiger charge is 2.35. The van der Waals surface area contributed by atoms with Crippen molar-refractivity contribution in [1.82, 2.24) is 14.8 Å². The lowest BCUT2D eigenvalue weighted by Crippen LogP contribution is -2.56. The zero-order chi connectivity index (χ0) is 23.0. The lowest BCUT2D eigenvalue weighted by molar-refractivity contribution is 0.00649. The van der Waals surface area contributed by atoms with Gasteiger partial charge in [-0.05, 0) is 64.2 Å². The molecule has 1 fully saturated rings. The minimum Gasteiger partial charge on any atom is -0.444 e. The SMILES string of the molecule is CC(C)(C)OC(=O)N1CCN(C(=O)c2ccc3c(Cl)c4c(nc3c2)CCCC4)CC1C#N. The number of pyridine rings is 1.